The van der Waals surface area contributed by atoms with E-state index < -0.39 is 0 Å². The summed E-state index contributed by atoms with van der Waals surface area (Å²) >= 11 is 0. The van der Waals surface area contributed by atoms with Crippen LogP contribution < -0.4 is 10.6 Å². The van der Waals surface area contributed by atoms with Crippen LogP contribution in [0.25, 0.3) is 0 Å². The number of carbonyl (C=O) groups is 1. The number of para-hydroxylation sites is 1. The first-order chi connectivity index (χ1) is 6.88. The minimum Gasteiger partial charge on any atom is -0.383 e. The van der Waals surface area contributed by atoms with Crippen molar-refractivity contribution in [3.8, 4) is 0 Å². The fraction of sp³-hybridized carbons (Fsp3) is 0.364. The Balaban J connectivity index is 0.000000461. The van der Waals surface area contributed by atoms with E-state index in [4.69, 9.17) is 0 Å². The van der Waals surface area contributed by atoms with Gasteiger partial charge in [0.2, 0.25) is 0 Å². The van der Waals surface area contributed by atoms with Crippen LogP contribution in [0.3, 0.4) is 0 Å². The van der Waals surface area contributed by atoms with Gasteiger partial charge in [-0.2, -0.15) is 0 Å². The summed E-state index contributed by atoms with van der Waals surface area (Å²) in [5.41, 5.74) is 1.66. The first-order valence-corrected chi connectivity index (χ1v) is 4.99. The van der Waals surface area contributed by atoms with Crippen molar-refractivity contribution in [2.45, 2.75) is 13.8 Å². The van der Waals surface area contributed by atoms with Crippen LogP contribution in [0.5, 0.6) is 0 Å². The average molecular weight is 192 g/mol. The SMILES string of the molecule is CC.O=C1NCCNc2ccccc21. The minimum atomic E-state index is 0.00981. The van der Waals surface area contributed by atoms with Gasteiger partial charge in [0.25, 0.3) is 5.91 Å². The molecule has 3 nitrogen and oxygen atoms in total. The molecule has 1 aromatic carbocycles. The van der Waals surface area contributed by atoms with Crippen molar-refractivity contribution < 1.29 is 4.79 Å². The quantitative estimate of drug-likeness (QED) is 0.659. The molecule has 2 N–H and O–H groups in total. The highest BCUT2D eigenvalue weighted by Crippen LogP contribution is 2.15. The van der Waals surface area contributed by atoms with Gasteiger partial charge in [-0.1, -0.05) is 26.0 Å². The van der Waals surface area contributed by atoms with E-state index in [1.807, 2.05) is 38.1 Å². The Hall–Kier alpha value is -1.51. The summed E-state index contributed by atoms with van der Waals surface area (Å²) in [6.45, 7) is 5.48. The molecule has 0 aromatic heterocycles. The molecule has 1 aliphatic rings. The van der Waals surface area contributed by atoms with E-state index in [-0.39, 0.29) is 5.91 Å². The monoisotopic (exact) mass is 192 g/mol. The van der Waals surface area contributed by atoms with E-state index >= 15 is 0 Å². The number of hydrogen-bond donors (Lipinski definition) is 2. The molecule has 0 bridgehead atoms. The second-order valence-electron chi connectivity index (χ2n) is 2.73. The van der Waals surface area contributed by atoms with Gasteiger partial charge >= 0.3 is 0 Å². The summed E-state index contributed by atoms with van der Waals surface area (Å²) in [5.74, 6) is 0.00981. The summed E-state index contributed by atoms with van der Waals surface area (Å²) in [7, 11) is 0. The van der Waals surface area contributed by atoms with Gasteiger partial charge < -0.3 is 10.6 Å². The zero-order chi connectivity index (χ0) is 10.4. The highest BCUT2D eigenvalue weighted by atomic mass is 16.1. The number of nitrogens with one attached hydrogen (secondary N) is 2. The predicted octanol–water partition coefficient (Wildman–Crippen LogP) is 1.87. The van der Waals surface area contributed by atoms with Gasteiger partial charge in [-0.25, -0.2) is 0 Å². The average Bonchev–Trinajstić information content (AvgIpc) is 2.45. The Labute approximate surface area is 84.5 Å². The first-order valence-electron chi connectivity index (χ1n) is 4.99. The normalized spacial score (nSPS) is 13.7. The third-order valence-electron chi connectivity index (χ3n) is 1.90. The zero-order valence-electron chi connectivity index (χ0n) is 8.63. The second-order valence-corrected chi connectivity index (χ2v) is 2.73. The van der Waals surface area contributed by atoms with Gasteiger partial charge in [0.15, 0.2) is 0 Å². The van der Waals surface area contributed by atoms with Crippen molar-refractivity contribution in [1.82, 2.24) is 5.32 Å². The third-order valence-corrected chi connectivity index (χ3v) is 1.90. The number of anilines is 1. The summed E-state index contributed by atoms with van der Waals surface area (Å²) in [5, 5.41) is 5.97. The Bertz CT molecular complexity index is 310. The van der Waals surface area contributed by atoms with Gasteiger partial charge in [0.1, 0.15) is 0 Å². The van der Waals surface area contributed by atoms with E-state index in [9.17, 15) is 4.79 Å². The maximum Gasteiger partial charge on any atom is 0.253 e. The van der Waals surface area contributed by atoms with Crippen molar-refractivity contribution in [2.75, 3.05) is 18.4 Å². The molecule has 1 heterocycles. The van der Waals surface area contributed by atoms with Gasteiger partial charge in [0, 0.05) is 18.8 Å². The molecule has 14 heavy (non-hydrogen) atoms. The minimum absolute atomic E-state index is 0.00981. The largest absolute Gasteiger partial charge is 0.383 e. The lowest BCUT2D eigenvalue weighted by atomic mass is 10.2. The molecule has 1 amide bonds. The van der Waals surface area contributed by atoms with Gasteiger partial charge in [-0.3, -0.25) is 4.79 Å². The van der Waals surface area contributed by atoms with E-state index in [1.165, 1.54) is 0 Å². The molecule has 0 unspecified atom stereocenters. The topological polar surface area (TPSA) is 41.1 Å². The summed E-state index contributed by atoms with van der Waals surface area (Å²) < 4.78 is 0. The molecule has 0 fully saturated rings. The molecule has 3 heteroatoms. The molecule has 0 radical (unpaired) electrons. The molecular weight excluding hydrogens is 176 g/mol. The van der Waals surface area contributed by atoms with Crippen LogP contribution in [-0.2, 0) is 0 Å². The third kappa shape index (κ3) is 2.25. The molecule has 1 aromatic rings. The van der Waals surface area contributed by atoms with Crippen molar-refractivity contribution in [1.29, 1.82) is 0 Å². The number of fused-ring (bicyclic) bond motifs is 1. The van der Waals surface area contributed by atoms with Gasteiger partial charge in [-0.15, -0.1) is 0 Å². The second kappa shape index (κ2) is 5.27. The Morgan fingerprint density at radius 3 is 2.50 bits per heavy atom. The Morgan fingerprint density at radius 2 is 1.71 bits per heavy atom. The highest BCUT2D eigenvalue weighted by Gasteiger charge is 2.12. The van der Waals surface area contributed by atoms with Crippen molar-refractivity contribution in [3.63, 3.8) is 0 Å². The lowest BCUT2D eigenvalue weighted by Crippen LogP contribution is -2.24. The van der Waals surface area contributed by atoms with Crippen molar-refractivity contribution in [3.05, 3.63) is 29.8 Å². The Morgan fingerprint density at radius 1 is 1.07 bits per heavy atom. The van der Waals surface area contributed by atoms with Crippen molar-refractivity contribution >= 4 is 11.6 Å². The van der Waals surface area contributed by atoms with Crippen LogP contribution in [0.1, 0.15) is 24.2 Å². The van der Waals surface area contributed by atoms with Crippen LogP contribution >= 0.6 is 0 Å². The molecule has 0 spiro atoms. The molecule has 76 valence electrons. The summed E-state index contributed by atoms with van der Waals surface area (Å²) in [4.78, 5) is 11.4. The maximum atomic E-state index is 11.4. The molecule has 1 aliphatic heterocycles. The lowest BCUT2D eigenvalue weighted by molar-refractivity contribution is 0.0958. The molecule has 0 saturated carbocycles. The molecule has 0 saturated heterocycles. The maximum absolute atomic E-state index is 11.4. The fourth-order valence-electron chi connectivity index (χ4n) is 1.30. The van der Waals surface area contributed by atoms with E-state index in [0.717, 1.165) is 17.8 Å². The smallest absolute Gasteiger partial charge is 0.253 e. The summed E-state index contributed by atoms with van der Waals surface area (Å²) in [6, 6.07) is 7.53. The fourth-order valence-corrected chi connectivity index (χ4v) is 1.30. The van der Waals surface area contributed by atoms with Crippen LogP contribution in [0.4, 0.5) is 5.69 Å². The molecule has 2 rings (SSSR count). The molecular formula is C11H16N2O. The standard InChI is InChI=1S/C9H10N2O.C2H6/c12-9-7-3-1-2-4-8(7)10-5-6-11-9;1-2/h1-4,10H,5-6H2,(H,11,12);1-2H3. The molecule has 0 aliphatic carbocycles. The highest BCUT2D eigenvalue weighted by molar-refractivity contribution is 6.00. The van der Waals surface area contributed by atoms with Crippen molar-refractivity contribution in [2.24, 2.45) is 0 Å². The van der Waals surface area contributed by atoms with Crippen LogP contribution in [0.2, 0.25) is 0 Å². The number of benzene rings is 1. The number of amides is 1. The predicted molar refractivity (Wildman–Crippen MR) is 58.6 cm³/mol. The van der Waals surface area contributed by atoms with E-state index in [0.29, 0.717) is 6.54 Å². The lowest BCUT2D eigenvalue weighted by Gasteiger charge is -2.03. The number of hydrogen-bond acceptors (Lipinski definition) is 2. The van der Waals surface area contributed by atoms with E-state index in [1.54, 1.807) is 0 Å². The van der Waals surface area contributed by atoms with E-state index in [2.05, 4.69) is 10.6 Å². The number of carbonyl (C=O) groups excluding carboxylic acids is 1. The molecule has 0 atom stereocenters. The van der Waals surface area contributed by atoms with Gasteiger partial charge in [0.05, 0.1) is 5.56 Å². The summed E-state index contributed by atoms with van der Waals surface area (Å²) in [6.07, 6.45) is 0. The van der Waals surface area contributed by atoms with Crippen LogP contribution in [0, 0.1) is 0 Å². The number of rotatable bonds is 0. The van der Waals surface area contributed by atoms with Crippen LogP contribution in [-0.4, -0.2) is 19.0 Å². The van der Waals surface area contributed by atoms with Crippen LogP contribution in [0.15, 0.2) is 24.3 Å². The Kier molecular flexibility index (Phi) is 3.98. The zero-order valence-corrected chi connectivity index (χ0v) is 8.63. The van der Waals surface area contributed by atoms with Gasteiger partial charge in [-0.05, 0) is 12.1 Å². The first kappa shape index (κ1) is 10.6.